The van der Waals surface area contributed by atoms with Crippen molar-refractivity contribution >= 4 is 5.69 Å². The predicted octanol–water partition coefficient (Wildman–Crippen LogP) is 2.88. The second-order valence-corrected chi connectivity index (χ2v) is 4.73. The highest BCUT2D eigenvalue weighted by Gasteiger charge is 2.24. The van der Waals surface area contributed by atoms with Crippen LogP contribution in [0.5, 0.6) is 5.75 Å². The van der Waals surface area contributed by atoms with E-state index in [-0.39, 0.29) is 16.9 Å². The highest BCUT2D eigenvalue weighted by Crippen LogP contribution is 2.35. The van der Waals surface area contributed by atoms with Crippen molar-refractivity contribution < 1.29 is 9.66 Å². The van der Waals surface area contributed by atoms with Crippen LogP contribution in [0.15, 0.2) is 12.1 Å². The molecule has 1 aromatic rings. The summed E-state index contributed by atoms with van der Waals surface area (Å²) in [6.07, 6.45) is 5.35. The van der Waals surface area contributed by atoms with Crippen LogP contribution in [0.2, 0.25) is 0 Å². The van der Waals surface area contributed by atoms with Crippen LogP contribution < -0.4 is 4.74 Å². The fourth-order valence-electron chi connectivity index (χ4n) is 1.50. The standard InChI is InChI=1S/C13H15NO3/c1-6-9-7-10(13(2,3)4)8-11(14(15)16)12(9)17-5/h1,7-8H,2-5H3. The number of methoxy groups -OCH3 is 1. The van der Waals surface area contributed by atoms with Crippen molar-refractivity contribution in [1.29, 1.82) is 0 Å². The molecule has 0 N–H and O–H groups in total. The Kier molecular flexibility index (Phi) is 3.42. The van der Waals surface area contributed by atoms with E-state index in [2.05, 4.69) is 5.92 Å². The maximum absolute atomic E-state index is 11.0. The van der Waals surface area contributed by atoms with Crippen molar-refractivity contribution in [2.24, 2.45) is 0 Å². The molecule has 0 radical (unpaired) electrons. The van der Waals surface area contributed by atoms with E-state index in [9.17, 15) is 10.1 Å². The minimum absolute atomic E-state index is 0.0899. The molecule has 0 spiro atoms. The lowest BCUT2D eigenvalue weighted by Crippen LogP contribution is -2.12. The fraction of sp³-hybridized carbons (Fsp3) is 0.385. The normalized spacial score (nSPS) is 10.8. The zero-order valence-corrected chi connectivity index (χ0v) is 10.4. The molecule has 0 amide bonds. The first kappa shape index (κ1) is 13.0. The van der Waals surface area contributed by atoms with Crippen LogP contribution in [-0.2, 0) is 5.41 Å². The van der Waals surface area contributed by atoms with Crippen molar-refractivity contribution in [2.45, 2.75) is 26.2 Å². The minimum Gasteiger partial charge on any atom is -0.489 e. The number of nitro benzene ring substituents is 1. The average Bonchev–Trinajstić information content (AvgIpc) is 2.25. The summed E-state index contributed by atoms with van der Waals surface area (Å²) in [6, 6.07) is 3.27. The zero-order valence-electron chi connectivity index (χ0n) is 10.4. The van der Waals surface area contributed by atoms with Gasteiger partial charge in [0.2, 0.25) is 5.75 Å². The molecular weight excluding hydrogens is 218 g/mol. The van der Waals surface area contributed by atoms with Gasteiger partial charge in [-0.3, -0.25) is 10.1 Å². The summed E-state index contributed by atoms with van der Waals surface area (Å²) in [6.45, 7) is 5.91. The van der Waals surface area contributed by atoms with E-state index in [1.54, 1.807) is 6.07 Å². The number of ether oxygens (including phenoxy) is 1. The van der Waals surface area contributed by atoms with E-state index >= 15 is 0 Å². The molecule has 4 heteroatoms. The molecule has 1 rings (SSSR count). The first-order valence-corrected chi connectivity index (χ1v) is 5.14. The third-order valence-corrected chi connectivity index (χ3v) is 2.49. The number of rotatable bonds is 2. The van der Waals surface area contributed by atoms with Gasteiger partial charge in [-0.25, -0.2) is 0 Å². The lowest BCUT2D eigenvalue weighted by atomic mass is 9.85. The van der Waals surface area contributed by atoms with Crippen molar-refractivity contribution in [3.8, 4) is 18.1 Å². The van der Waals surface area contributed by atoms with Gasteiger partial charge in [-0.15, -0.1) is 6.42 Å². The number of hydrogen-bond donors (Lipinski definition) is 0. The van der Waals surface area contributed by atoms with Crippen molar-refractivity contribution in [3.63, 3.8) is 0 Å². The first-order chi connectivity index (χ1) is 7.81. The van der Waals surface area contributed by atoms with Gasteiger partial charge < -0.3 is 4.74 Å². The molecule has 0 aromatic heterocycles. The van der Waals surface area contributed by atoms with Crippen LogP contribution in [0.25, 0.3) is 0 Å². The highest BCUT2D eigenvalue weighted by atomic mass is 16.6. The zero-order chi connectivity index (χ0) is 13.2. The van der Waals surface area contributed by atoms with Crippen LogP contribution in [0.4, 0.5) is 5.69 Å². The summed E-state index contributed by atoms with van der Waals surface area (Å²) in [5.41, 5.74) is 0.931. The Balaban J connectivity index is 3.59. The van der Waals surface area contributed by atoms with E-state index in [1.165, 1.54) is 13.2 Å². The summed E-state index contributed by atoms with van der Waals surface area (Å²) in [5, 5.41) is 11.0. The van der Waals surface area contributed by atoms with Gasteiger partial charge in [0.1, 0.15) is 0 Å². The predicted molar refractivity (Wildman–Crippen MR) is 66.3 cm³/mol. The Morgan fingerprint density at radius 2 is 2.00 bits per heavy atom. The molecule has 0 saturated heterocycles. The molecular formula is C13H15NO3. The molecule has 1 aromatic carbocycles. The van der Waals surface area contributed by atoms with Gasteiger partial charge in [-0.05, 0) is 17.0 Å². The first-order valence-electron chi connectivity index (χ1n) is 5.14. The molecule has 0 unspecified atom stereocenters. The largest absolute Gasteiger partial charge is 0.489 e. The quantitative estimate of drug-likeness (QED) is 0.448. The van der Waals surface area contributed by atoms with Crippen LogP contribution in [0.1, 0.15) is 31.9 Å². The molecule has 0 bridgehead atoms. The number of nitrogens with zero attached hydrogens (tertiary/aromatic N) is 1. The summed E-state index contributed by atoms with van der Waals surface area (Å²) in [7, 11) is 1.37. The number of hydrogen-bond acceptors (Lipinski definition) is 3. The molecule has 90 valence electrons. The summed E-state index contributed by atoms with van der Waals surface area (Å²) < 4.78 is 5.01. The molecule has 0 aliphatic heterocycles. The Bertz CT molecular complexity index is 493. The van der Waals surface area contributed by atoms with Gasteiger partial charge in [0.15, 0.2) is 0 Å². The van der Waals surface area contributed by atoms with E-state index in [0.29, 0.717) is 5.56 Å². The number of benzene rings is 1. The Morgan fingerprint density at radius 1 is 1.41 bits per heavy atom. The van der Waals surface area contributed by atoms with Gasteiger partial charge >= 0.3 is 5.69 Å². The van der Waals surface area contributed by atoms with Crippen molar-refractivity contribution in [3.05, 3.63) is 33.4 Å². The molecule has 0 saturated carbocycles. The molecule has 0 fully saturated rings. The average molecular weight is 233 g/mol. The fourth-order valence-corrected chi connectivity index (χ4v) is 1.50. The van der Waals surface area contributed by atoms with E-state index in [4.69, 9.17) is 11.2 Å². The van der Waals surface area contributed by atoms with Crippen LogP contribution in [-0.4, -0.2) is 12.0 Å². The Labute approximate surface area is 101 Å². The van der Waals surface area contributed by atoms with Crippen LogP contribution in [0, 0.1) is 22.5 Å². The molecule has 0 aliphatic rings. The molecule has 4 nitrogen and oxygen atoms in total. The summed E-state index contributed by atoms with van der Waals surface area (Å²) >= 11 is 0. The van der Waals surface area contributed by atoms with Crippen molar-refractivity contribution in [2.75, 3.05) is 7.11 Å². The summed E-state index contributed by atoms with van der Waals surface area (Å²) in [5.74, 6) is 2.57. The Hall–Kier alpha value is -2.02. The maximum atomic E-state index is 11.0. The van der Waals surface area contributed by atoms with Crippen LogP contribution >= 0.6 is 0 Å². The third-order valence-electron chi connectivity index (χ3n) is 2.49. The van der Waals surface area contributed by atoms with E-state index in [1.807, 2.05) is 20.8 Å². The second kappa shape index (κ2) is 4.46. The van der Waals surface area contributed by atoms with Gasteiger partial charge in [-0.2, -0.15) is 0 Å². The van der Waals surface area contributed by atoms with Crippen molar-refractivity contribution in [1.82, 2.24) is 0 Å². The highest BCUT2D eigenvalue weighted by molar-refractivity contribution is 5.60. The topological polar surface area (TPSA) is 52.4 Å². The molecule has 0 heterocycles. The van der Waals surface area contributed by atoms with E-state index < -0.39 is 4.92 Å². The second-order valence-electron chi connectivity index (χ2n) is 4.73. The lowest BCUT2D eigenvalue weighted by molar-refractivity contribution is -0.385. The summed E-state index contributed by atoms with van der Waals surface area (Å²) in [4.78, 5) is 10.5. The third kappa shape index (κ3) is 2.56. The molecule has 0 atom stereocenters. The van der Waals surface area contributed by atoms with Gasteiger partial charge in [0.05, 0.1) is 17.6 Å². The monoisotopic (exact) mass is 233 g/mol. The molecule has 0 aliphatic carbocycles. The smallest absolute Gasteiger partial charge is 0.312 e. The van der Waals surface area contributed by atoms with Gasteiger partial charge in [-0.1, -0.05) is 26.7 Å². The lowest BCUT2D eigenvalue weighted by Gasteiger charge is -2.20. The van der Waals surface area contributed by atoms with Gasteiger partial charge in [0.25, 0.3) is 0 Å². The maximum Gasteiger partial charge on any atom is 0.312 e. The Morgan fingerprint density at radius 3 is 2.35 bits per heavy atom. The molecule has 17 heavy (non-hydrogen) atoms. The minimum atomic E-state index is -0.477. The van der Waals surface area contributed by atoms with Gasteiger partial charge in [0, 0.05) is 6.07 Å². The van der Waals surface area contributed by atoms with Crippen LogP contribution in [0.3, 0.4) is 0 Å². The SMILES string of the molecule is C#Cc1cc(C(C)(C)C)cc([N+](=O)[O-])c1OC. The van der Waals surface area contributed by atoms with E-state index in [0.717, 1.165) is 5.56 Å². The number of nitro groups is 1. The number of terminal acetylenes is 1.